The molecule has 5 heteroatoms. The van der Waals surface area contributed by atoms with Crippen molar-refractivity contribution < 1.29 is 0 Å². The quantitative estimate of drug-likeness (QED) is 0.642. The number of anilines is 3. The Labute approximate surface area is 129 Å². The van der Waals surface area contributed by atoms with Crippen molar-refractivity contribution in [1.29, 1.82) is 0 Å². The van der Waals surface area contributed by atoms with Gasteiger partial charge in [0, 0.05) is 34.5 Å². The van der Waals surface area contributed by atoms with Gasteiger partial charge in [-0.2, -0.15) is 0 Å². The highest BCUT2D eigenvalue weighted by atomic mass is 79.9. The molecule has 20 heavy (non-hydrogen) atoms. The van der Waals surface area contributed by atoms with Gasteiger partial charge in [-0.1, -0.05) is 17.7 Å². The predicted octanol–water partition coefficient (Wildman–Crippen LogP) is 4.98. The highest BCUT2D eigenvalue weighted by molar-refractivity contribution is 9.10. The van der Waals surface area contributed by atoms with E-state index in [1.807, 2.05) is 36.4 Å². The Morgan fingerprint density at radius 2 is 1.90 bits per heavy atom. The lowest BCUT2D eigenvalue weighted by atomic mass is 10.1. The van der Waals surface area contributed by atoms with Crippen LogP contribution in [0.15, 0.2) is 53.3 Å². The van der Waals surface area contributed by atoms with E-state index < -0.39 is 0 Å². The molecular weight excluding hydrogens is 338 g/mol. The molecule has 2 aromatic carbocycles. The van der Waals surface area contributed by atoms with E-state index in [1.165, 1.54) is 0 Å². The third kappa shape index (κ3) is 2.32. The largest absolute Gasteiger partial charge is 0.398 e. The maximum Gasteiger partial charge on any atom is 0.0596 e. The minimum Gasteiger partial charge on any atom is -0.398 e. The van der Waals surface area contributed by atoms with Crippen molar-refractivity contribution in [3.63, 3.8) is 0 Å². The molecule has 3 rings (SSSR count). The molecular formula is C15H11BrClN3. The zero-order valence-corrected chi connectivity index (χ0v) is 12.7. The smallest absolute Gasteiger partial charge is 0.0596 e. The Balaban J connectivity index is 2.12. The predicted molar refractivity (Wildman–Crippen MR) is 88.6 cm³/mol. The molecule has 0 amide bonds. The van der Waals surface area contributed by atoms with Crippen LogP contribution in [0.3, 0.4) is 0 Å². The van der Waals surface area contributed by atoms with E-state index in [0.29, 0.717) is 10.7 Å². The normalized spacial score (nSPS) is 10.7. The van der Waals surface area contributed by atoms with Gasteiger partial charge in [0.05, 0.1) is 15.2 Å². The first-order valence-corrected chi connectivity index (χ1v) is 7.17. The monoisotopic (exact) mass is 347 g/mol. The van der Waals surface area contributed by atoms with Crippen molar-refractivity contribution in [2.45, 2.75) is 0 Å². The Kier molecular flexibility index (Phi) is 3.51. The Morgan fingerprint density at radius 3 is 2.75 bits per heavy atom. The fourth-order valence-corrected chi connectivity index (χ4v) is 2.60. The first-order valence-electron chi connectivity index (χ1n) is 6.00. The average molecular weight is 349 g/mol. The van der Waals surface area contributed by atoms with Crippen LogP contribution in [-0.2, 0) is 0 Å². The van der Waals surface area contributed by atoms with Crippen LogP contribution >= 0.6 is 27.5 Å². The Bertz CT molecular complexity index is 789. The number of nitrogens with zero attached hydrogens (tertiary/aromatic N) is 1. The molecule has 0 unspecified atom stereocenters. The topological polar surface area (TPSA) is 50.9 Å². The summed E-state index contributed by atoms with van der Waals surface area (Å²) in [5.74, 6) is 0. The number of hydrogen-bond donors (Lipinski definition) is 2. The van der Waals surface area contributed by atoms with Crippen molar-refractivity contribution >= 4 is 55.4 Å². The molecule has 3 nitrogen and oxygen atoms in total. The van der Waals surface area contributed by atoms with Gasteiger partial charge in [0.1, 0.15) is 0 Å². The minimum absolute atomic E-state index is 0.663. The van der Waals surface area contributed by atoms with E-state index in [-0.39, 0.29) is 0 Å². The lowest BCUT2D eigenvalue weighted by molar-refractivity contribution is 1.36. The van der Waals surface area contributed by atoms with Crippen LogP contribution in [0.1, 0.15) is 0 Å². The minimum atomic E-state index is 0.663. The molecule has 0 aliphatic rings. The maximum atomic E-state index is 6.11. The van der Waals surface area contributed by atoms with Crippen LogP contribution < -0.4 is 11.1 Å². The zero-order chi connectivity index (χ0) is 14.1. The van der Waals surface area contributed by atoms with Crippen LogP contribution in [0.5, 0.6) is 0 Å². The zero-order valence-electron chi connectivity index (χ0n) is 10.4. The second-order valence-corrected chi connectivity index (χ2v) is 5.55. The van der Waals surface area contributed by atoms with Gasteiger partial charge in [0.25, 0.3) is 0 Å². The Morgan fingerprint density at radius 1 is 1.05 bits per heavy atom. The number of halogens is 2. The van der Waals surface area contributed by atoms with Gasteiger partial charge in [-0.15, -0.1) is 0 Å². The standard InChI is InChI=1S/C15H11BrClN3/c16-15-11(17)2-1-3-14(15)20-13-5-4-12(18)10-8-19-7-6-9(10)13/h1-8,20H,18H2. The van der Waals surface area contributed by atoms with Gasteiger partial charge in [-0.3, -0.25) is 4.98 Å². The van der Waals surface area contributed by atoms with E-state index in [0.717, 1.165) is 26.6 Å². The second kappa shape index (κ2) is 5.31. The number of benzene rings is 2. The highest BCUT2D eigenvalue weighted by Gasteiger charge is 2.07. The molecule has 0 saturated heterocycles. The summed E-state index contributed by atoms with van der Waals surface area (Å²) in [6.45, 7) is 0. The number of hydrogen-bond acceptors (Lipinski definition) is 3. The Hall–Kier alpha value is -1.78. The summed E-state index contributed by atoms with van der Waals surface area (Å²) in [5.41, 5.74) is 8.55. The van der Waals surface area contributed by atoms with E-state index >= 15 is 0 Å². The van der Waals surface area contributed by atoms with Gasteiger partial charge in [0.2, 0.25) is 0 Å². The summed E-state index contributed by atoms with van der Waals surface area (Å²) in [4.78, 5) is 4.12. The van der Waals surface area contributed by atoms with Crippen molar-refractivity contribution in [2.24, 2.45) is 0 Å². The van der Waals surface area contributed by atoms with Crippen molar-refractivity contribution in [3.8, 4) is 0 Å². The lowest BCUT2D eigenvalue weighted by Gasteiger charge is -2.13. The van der Waals surface area contributed by atoms with Crippen LogP contribution in [0.2, 0.25) is 5.02 Å². The third-order valence-electron chi connectivity index (χ3n) is 3.07. The fourth-order valence-electron chi connectivity index (χ4n) is 2.07. The summed E-state index contributed by atoms with van der Waals surface area (Å²) in [6.07, 6.45) is 3.52. The molecule has 0 aliphatic heterocycles. The van der Waals surface area contributed by atoms with Gasteiger partial charge in [0.15, 0.2) is 0 Å². The van der Waals surface area contributed by atoms with E-state index in [4.69, 9.17) is 17.3 Å². The summed E-state index contributed by atoms with van der Waals surface area (Å²) < 4.78 is 0.834. The lowest BCUT2D eigenvalue weighted by Crippen LogP contribution is -1.95. The summed E-state index contributed by atoms with van der Waals surface area (Å²) in [7, 11) is 0. The number of nitrogen functional groups attached to an aromatic ring is 1. The third-order valence-corrected chi connectivity index (χ3v) is 4.47. The van der Waals surface area contributed by atoms with E-state index in [9.17, 15) is 0 Å². The molecule has 0 fully saturated rings. The maximum absolute atomic E-state index is 6.11. The summed E-state index contributed by atoms with van der Waals surface area (Å²) in [6, 6.07) is 11.4. The summed E-state index contributed by atoms with van der Waals surface area (Å²) in [5, 5.41) is 5.98. The van der Waals surface area contributed by atoms with Gasteiger partial charge in [-0.25, -0.2) is 0 Å². The molecule has 0 radical (unpaired) electrons. The molecule has 0 atom stereocenters. The van der Waals surface area contributed by atoms with Gasteiger partial charge >= 0.3 is 0 Å². The van der Waals surface area contributed by atoms with Crippen molar-refractivity contribution in [3.05, 3.63) is 58.3 Å². The van der Waals surface area contributed by atoms with Crippen molar-refractivity contribution in [1.82, 2.24) is 4.98 Å². The number of nitrogens with two attached hydrogens (primary N) is 1. The number of rotatable bonds is 2. The number of nitrogens with one attached hydrogen (secondary N) is 1. The molecule has 0 bridgehead atoms. The molecule has 3 aromatic rings. The molecule has 0 aliphatic carbocycles. The summed E-state index contributed by atoms with van der Waals surface area (Å²) >= 11 is 9.59. The van der Waals surface area contributed by atoms with Gasteiger partial charge < -0.3 is 11.1 Å². The van der Waals surface area contributed by atoms with E-state index in [2.05, 4.69) is 26.2 Å². The van der Waals surface area contributed by atoms with Crippen LogP contribution in [0.4, 0.5) is 17.1 Å². The second-order valence-electron chi connectivity index (χ2n) is 4.35. The SMILES string of the molecule is Nc1ccc(Nc2cccc(Cl)c2Br)c2ccncc12. The molecule has 0 spiro atoms. The molecule has 100 valence electrons. The first-order chi connectivity index (χ1) is 9.66. The molecule has 0 saturated carbocycles. The van der Waals surface area contributed by atoms with Crippen molar-refractivity contribution in [2.75, 3.05) is 11.1 Å². The number of pyridine rings is 1. The van der Waals surface area contributed by atoms with Crippen LogP contribution in [-0.4, -0.2) is 4.98 Å². The van der Waals surface area contributed by atoms with Crippen LogP contribution in [0.25, 0.3) is 10.8 Å². The first kappa shape index (κ1) is 13.2. The fraction of sp³-hybridized carbons (Fsp3) is 0. The average Bonchev–Trinajstić information content (AvgIpc) is 2.47. The van der Waals surface area contributed by atoms with E-state index in [1.54, 1.807) is 12.4 Å². The molecule has 3 N–H and O–H groups in total. The highest BCUT2D eigenvalue weighted by Crippen LogP contribution is 2.35. The van der Waals surface area contributed by atoms with Gasteiger partial charge in [-0.05, 0) is 46.3 Å². The number of aromatic nitrogens is 1. The molecule has 1 aromatic heterocycles. The number of fused-ring (bicyclic) bond motifs is 1. The van der Waals surface area contributed by atoms with Crippen LogP contribution in [0, 0.1) is 0 Å². The molecule has 1 heterocycles.